The zero-order chi connectivity index (χ0) is 26.0. The smallest absolute Gasteiger partial charge is 0.323 e. The molecule has 0 fully saturated rings. The third-order valence-electron chi connectivity index (χ3n) is 6.68. The maximum atomic E-state index is 13.1. The Balaban J connectivity index is 2.27. The van der Waals surface area contributed by atoms with Gasteiger partial charge in [-0.15, -0.1) is 0 Å². The molecule has 36 heavy (non-hydrogen) atoms. The highest BCUT2D eigenvalue weighted by Crippen LogP contribution is 2.35. The number of carbonyl (C=O) groups is 2. The first-order chi connectivity index (χ1) is 17.4. The molecule has 0 aliphatic rings. The topological polar surface area (TPSA) is 43.4 Å². The van der Waals surface area contributed by atoms with E-state index in [0.717, 1.165) is 53.5 Å². The third kappa shape index (κ3) is 6.32. The Morgan fingerprint density at radius 1 is 0.861 bits per heavy atom. The van der Waals surface area contributed by atoms with Crippen LogP contribution in [0.15, 0.2) is 72.8 Å². The second kappa shape index (κ2) is 12.9. The molecule has 3 nitrogen and oxygen atoms in total. The van der Waals surface area contributed by atoms with Crippen LogP contribution < -0.4 is 0 Å². The average Bonchev–Trinajstić information content (AvgIpc) is 2.90. The Morgan fingerprint density at radius 3 is 2.14 bits per heavy atom. The van der Waals surface area contributed by atoms with Crippen LogP contribution in [0.3, 0.4) is 0 Å². The van der Waals surface area contributed by atoms with Gasteiger partial charge in [0.25, 0.3) is 0 Å². The minimum atomic E-state index is -1.39. The summed E-state index contributed by atoms with van der Waals surface area (Å²) in [4.78, 5) is 26.0. The fourth-order valence-electron chi connectivity index (χ4n) is 4.32. The van der Waals surface area contributed by atoms with E-state index in [4.69, 9.17) is 4.74 Å². The van der Waals surface area contributed by atoms with Crippen LogP contribution in [0.1, 0.15) is 75.6 Å². The summed E-state index contributed by atoms with van der Waals surface area (Å²) in [5.41, 5.74) is 4.15. The normalized spacial score (nSPS) is 12.2. The van der Waals surface area contributed by atoms with E-state index in [1.165, 1.54) is 13.3 Å². The molecule has 0 bridgehead atoms. The molecule has 0 aliphatic carbocycles. The molecule has 186 valence electrons. The SMILES string of the molecule is CCCCCCc1cc(C(C)(C(C)=O)C(=O)OCC)cc(-c2ccccc2)c1C#Cc1ccccc1. The van der Waals surface area contributed by atoms with Gasteiger partial charge in [-0.3, -0.25) is 9.59 Å². The second-order valence-electron chi connectivity index (χ2n) is 9.25. The van der Waals surface area contributed by atoms with Gasteiger partial charge >= 0.3 is 5.97 Å². The number of benzene rings is 3. The predicted molar refractivity (Wildman–Crippen MR) is 147 cm³/mol. The van der Waals surface area contributed by atoms with Crippen LogP contribution in [0.5, 0.6) is 0 Å². The number of Topliss-reactive ketones (excluding diaryl/α,β-unsaturated/α-hetero) is 1. The van der Waals surface area contributed by atoms with Gasteiger partial charge in [-0.25, -0.2) is 0 Å². The molecule has 1 atom stereocenters. The average molecular weight is 481 g/mol. The lowest BCUT2D eigenvalue weighted by atomic mass is 9.76. The molecule has 3 aromatic carbocycles. The summed E-state index contributed by atoms with van der Waals surface area (Å²) in [6, 6.07) is 24.0. The fourth-order valence-corrected chi connectivity index (χ4v) is 4.32. The number of aryl methyl sites for hydroxylation is 1. The third-order valence-corrected chi connectivity index (χ3v) is 6.68. The van der Waals surface area contributed by atoms with E-state index in [9.17, 15) is 9.59 Å². The van der Waals surface area contributed by atoms with Crippen molar-refractivity contribution in [3.8, 4) is 23.0 Å². The van der Waals surface area contributed by atoms with Crippen LogP contribution in [-0.2, 0) is 26.2 Å². The molecule has 0 radical (unpaired) electrons. The summed E-state index contributed by atoms with van der Waals surface area (Å²) >= 11 is 0. The summed E-state index contributed by atoms with van der Waals surface area (Å²) in [5.74, 6) is 6.02. The van der Waals surface area contributed by atoms with Gasteiger partial charge < -0.3 is 4.74 Å². The molecule has 0 heterocycles. The number of carbonyl (C=O) groups excluding carboxylic acids is 2. The van der Waals surface area contributed by atoms with E-state index < -0.39 is 11.4 Å². The quantitative estimate of drug-likeness (QED) is 0.132. The summed E-state index contributed by atoms with van der Waals surface area (Å²) in [5, 5.41) is 0. The van der Waals surface area contributed by atoms with Gasteiger partial charge in [0.05, 0.1) is 6.61 Å². The summed E-state index contributed by atoms with van der Waals surface area (Å²) < 4.78 is 5.37. The van der Waals surface area contributed by atoms with Crippen LogP contribution in [0.2, 0.25) is 0 Å². The first kappa shape index (κ1) is 27.0. The number of esters is 1. The maximum Gasteiger partial charge on any atom is 0.323 e. The Kier molecular flexibility index (Phi) is 9.65. The van der Waals surface area contributed by atoms with Crippen LogP contribution in [-0.4, -0.2) is 18.4 Å². The van der Waals surface area contributed by atoms with E-state index in [-0.39, 0.29) is 12.4 Å². The highest BCUT2D eigenvalue weighted by molar-refractivity contribution is 6.08. The highest BCUT2D eigenvalue weighted by Gasteiger charge is 2.42. The first-order valence-corrected chi connectivity index (χ1v) is 12.9. The summed E-state index contributed by atoms with van der Waals surface area (Å²) in [7, 11) is 0. The van der Waals surface area contributed by atoms with E-state index in [0.29, 0.717) is 5.56 Å². The van der Waals surface area contributed by atoms with E-state index in [2.05, 4.69) is 18.8 Å². The lowest BCUT2D eigenvalue weighted by molar-refractivity contribution is -0.152. The molecule has 1 unspecified atom stereocenters. The van der Waals surface area contributed by atoms with Gasteiger partial charge in [-0.2, -0.15) is 0 Å². The summed E-state index contributed by atoms with van der Waals surface area (Å²) in [6.45, 7) is 7.31. The molecular weight excluding hydrogens is 444 g/mol. The molecule has 0 spiro atoms. The van der Waals surface area contributed by atoms with Crippen molar-refractivity contribution in [3.63, 3.8) is 0 Å². The van der Waals surface area contributed by atoms with Crippen molar-refractivity contribution in [2.45, 2.75) is 65.2 Å². The molecule has 0 N–H and O–H groups in total. The van der Waals surface area contributed by atoms with Crippen LogP contribution in [0.4, 0.5) is 0 Å². The molecule has 0 amide bonds. The predicted octanol–water partition coefficient (Wildman–Crippen LogP) is 7.29. The molecule has 3 heteroatoms. The Morgan fingerprint density at radius 2 is 1.53 bits per heavy atom. The van der Waals surface area contributed by atoms with E-state index >= 15 is 0 Å². The Labute approximate surface area is 215 Å². The van der Waals surface area contributed by atoms with Crippen molar-refractivity contribution in [3.05, 3.63) is 95.1 Å². The first-order valence-electron chi connectivity index (χ1n) is 12.9. The minimum absolute atomic E-state index is 0.220. The zero-order valence-electron chi connectivity index (χ0n) is 21.9. The second-order valence-corrected chi connectivity index (χ2v) is 9.25. The van der Waals surface area contributed by atoms with Gasteiger partial charge in [-0.05, 0) is 74.1 Å². The number of unbranched alkanes of at least 4 members (excludes halogenated alkanes) is 3. The van der Waals surface area contributed by atoms with Gasteiger partial charge in [0.15, 0.2) is 5.78 Å². The van der Waals surface area contributed by atoms with Crippen LogP contribution in [0, 0.1) is 11.8 Å². The van der Waals surface area contributed by atoms with Gasteiger partial charge in [0.1, 0.15) is 5.41 Å². The van der Waals surface area contributed by atoms with Crippen molar-refractivity contribution in [2.24, 2.45) is 0 Å². The minimum Gasteiger partial charge on any atom is -0.465 e. The standard InChI is InChI=1S/C33H36O3/c1-5-7-8-13-20-28-23-29(33(4,25(3)34)32(35)36-6-2)24-31(27-18-14-10-15-19-27)30(28)22-21-26-16-11-9-12-17-26/h9-12,14-19,23-24H,5-8,13,20H2,1-4H3. The van der Waals surface area contributed by atoms with Crippen LogP contribution in [0.25, 0.3) is 11.1 Å². The zero-order valence-corrected chi connectivity index (χ0v) is 21.9. The summed E-state index contributed by atoms with van der Waals surface area (Å²) in [6.07, 6.45) is 5.28. The van der Waals surface area contributed by atoms with Crippen molar-refractivity contribution >= 4 is 11.8 Å². The van der Waals surface area contributed by atoms with Gasteiger partial charge in [-0.1, -0.05) is 92.6 Å². The Hall–Kier alpha value is -3.64. The molecule has 0 saturated heterocycles. The van der Waals surface area contributed by atoms with E-state index in [1.807, 2.05) is 72.8 Å². The fraction of sp³-hybridized carbons (Fsp3) is 0.333. The van der Waals surface area contributed by atoms with Gasteiger partial charge in [0.2, 0.25) is 0 Å². The molecule has 0 aliphatic heterocycles. The number of hydrogen-bond acceptors (Lipinski definition) is 3. The number of ketones is 1. The highest BCUT2D eigenvalue weighted by atomic mass is 16.5. The lowest BCUT2D eigenvalue weighted by Gasteiger charge is -2.27. The number of ether oxygens (including phenoxy) is 1. The van der Waals surface area contributed by atoms with Gasteiger partial charge in [0, 0.05) is 11.1 Å². The number of rotatable bonds is 10. The molecular formula is C33H36O3. The number of hydrogen-bond donors (Lipinski definition) is 0. The Bertz CT molecular complexity index is 1230. The lowest BCUT2D eigenvalue weighted by Crippen LogP contribution is -2.41. The molecule has 0 aromatic heterocycles. The maximum absolute atomic E-state index is 13.1. The van der Waals surface area contributed by atoms with Crippen molar-refractivity contribution in [1.82, 2.24) is 0 Å². The monoisotopic (exact) mass is 480 g/mol. The van der Waals surface area contributed by atoms with Crippen LogP contribution >= 0.6 is 0 Å². The molecule has 3 aromatic rings. The van der Waals surface area contributed by atoms with Crippen molar-refractivity contribution in [1.29, 1.82) is 0 Å². The van der Waals surface area contributed by atoms with Crippen molar-refractivity contribution < 1.29 is 14.3 Å². The largest absolute Gasteiger partial charge is 0.465 e. The van der Waals surface area contributed by atoms with Crippen molar-refractivity contribution in [2.75, 3.05) is 6.61 Å². The molecule has 3 rings (SSSR count). The van der Waals surface area contributed by atoms with E-state index in [1.54, 1.807) is 13.8 Å². The molecule has 0 saturated carbocycles.